The molecule has 70 valence electrons. The lowest BCUT2D eigenvalue weighted by Gasteiger charge is -2.30. The highest BCUT2D eigenvalue weighted by molar-refractivity contribution is 4.85. The van der Waals surface area contributed by atoms with Gasteiger partial charge in [-0.25, -0.2) is 0 Å². The van der Waals surface area contributed by atoms with Crippen LogP contribution >= 0.6 is 0 Å². The fourth-order valence-corrected chi connectivity index (χ4v) is 2.41. The Morgan fingerprint density at radius 3 is 2.67 bits per heavy atom. The first-order valence-corrected chi connectivity index (χ1v) is 4.57. The van der Waals surface area contributed by atoms with Crippen molar-refractivity contribution in [1.29, 1.82) is 0 Å². The van der Waals surface area contributed by atoms with Gasteiger partial charge in [0.25, 0.3) is 0 Å². The Balaban J connectivity index is 2.05. The van der Waals surface area contributed by atoms with E-state index in [0.29, 0.717) is 13.0 Å². The third-order valence-electron chi connectivity index (χ3n) is 3.13. The van der Waals surface area contributed by atoms with Gasteiger partial charge in [-0.05, 0) is 0 Å². The van der Waals surface area contributed by atoms with Crippen LogP contribution in [0.4, 0.5) is 0 Å². The smallest absolute Gasteiger partial charge is 0.137 e. The molecule has 2 rings (SSSR count). The predicted octanol–water partition coefficient (Wildman–Crippen LogP) is -2.87. The topological polar surface area (TPSA) is 65.1 Å². The van der Waals surface area contributed by atoms with Gasteiger partial charge >= 0.3 is 0 Å². The molecule has 12 heavy (non-hydrogen) atoms. The molecule has 5 atom stereocenters. The molecular weight excluding hydrogens is 158 g/mol. The molecule has 4 N–H and O–H groups in total. The molecule has 0 spiro atoms. The maximum Gasteiger partial charge on any atom is 0.137 e. The molecule has 0 aromatic heterocycles. The van der Waals surface area contributed by atoms with Gasteiger partial charge in [0, 0.05) is 12.8 Å². The SMILES string of the molecule is O[C@@H]1CC[NH+]2C[C@@H](O)[C@@H](O)[C@@H]2C1. The maximum absolute atomic E-state index is 9.53. The lowest BCUT2D eigenvalue weighted by Crippen LogP contribution is -3.15. The van der Waals surface area contributed by atoms with Gasteiger partial charge in [-0.3, -0.25) is 0 Å². The number of aliphatic hydroxyl groups excluding tert-OH is 3. The fourth-order valence-electron chi connectivity index (χ4n) is 2.41. The van der Waals surface area contributed by atoms with Gasteiger partial charge in [-0.15, -0.1) is 0 Å². The third-order valence-corrected chi connectivity index (χ3v) is 3.13. The van der Waals surface area contributed by atoms with Gasteiger partial charge in [0.15, 0.2) is 0 Å². The quantitative estimate of drug-likeness (QED) is 0.319. The summed E-state index contributed by atoms with van der Waals surface area (Å²) in [7, 11) is 0. The highest BCUT2D eigenvalue weighted by Crippen LogP contribution is 2.14. The molecule has 0 aromatic carbocycles. The van der Waals surface area contributed by atoms with Crippen LogP contribution in [-0.2, 0) is 0 Å². The maximum atomic E-state index is 9.53. The molecule has 0 amide bonds. The molecule has 2 aliphatic heterocycles. The Hall–Kier alpha value is -0.160. The van der Waals surface area contributed by atoms with E-state index >= 15 is 0 Å². The summed E-state index contributed by atoms with van der Waals surface area (Å²) >= 11 is 0. The molecule has 4 nitrogen and oxygen atoms in total. The zero-order chi connectivity index (χ0) is 8.72. The number of piperidine rings is 1. The molecule has 2 heterocycles. The van der Waals surface area contributed by atoms with E-state index in [1.807, 2.05) is 0 Å². The van der Waals surface area contributed by atoms with Crippen molar-refractivity contribution in [2.24, 2.45) is 0 Å². The number of fused-ring (bicyclic) bond motifs is 1. The minimum absolute atomic E-state index is 0.0590. The summed E-state index contributed by atoms with van der Waals surface area (Å²) in [5.74, 6) is 0. The monoisotopic (exact) mass is 174 g/mol. The largest absolute Gasteiger partial charge is 0.393 e. The Morgan fingerprint density at radius 2 is 1.92 bits per heavy atom. The van der Waals surface area contributed by atoms with Gasteiger partial charge in [-0.2, -0.15) is 0 Å². The molecule has 2 aliphatic rings. The summed E-state index contributed by atoms with van der Waals surface area (Å²) in [6.45, 7) is 1.51. The fraction of sp³-hybridized carbons (Fsp3) is 1.00. The Morgan fingerprint density at radius 1 is 1.17 bits per heavy atom. The van der Waals surface area contributed by atoms with Crippen LogP contribution in [0.5, 0.6) is 0 Å². The lowest BCUT2D eigenvalue weighted by molar-refractivity contribution is -0.921. The number of quaternary nitrogens is 1. The van der Waals surface area contributed by atoms with E-state index in [2.05, 4.69) is 0 Å². The summed E-state index contributed by atoms with van der Waals surface area (Å²) in [4.78, 5) is 1.25. The van der Waals surface area contributed by atoms with E-state index in [0.717, 1.165) is 13.0 Å². The first-order valence-electron chi connectivity index (χ1n) is 4.57. The van der Waals surface area contributed by atoms with E-state index in [1.165, 1.54) is 4.90 Å². The van der Waals surface area contributed by atoms with Crippen LogP contribution in [0, 0.1) is 0 Å². The average Bonchev–Trinajstić information content (AvgIpc) is 2.31. The summed E-state index contributed by atoms with van der Waals surface area (Å²) in [6.07, 6.45) is -0.0669. The first kappa shape index (κ1) is 8.44. The van der Waals surface area contributed by atoms with E-state index in [-0.39, 0.29) is 12.1 Å². The Bertz CT molecular complexity index is 176. The first-order chi connectivity index (χ1) is 5.68. The van der Waals surface area contributed by atoms with Crippen molar-refractivity contribution in [2.45, 2.75) is 37.2 Å². The second kappa shape index (κ2) is 2.96. The van der Waals surface area contributed by atoms with E-state index < -0.39 is 12.2 Å². The minimum atomic E-state index is -0.630. The van der Waals surface area contributed by atoms with Gasteiger partial charge in [0.05, 0.1) is 12.6 Å². The third kappa shape index (κ3) is 1.25. The van der Waals surface area contributed by atoms with Crippen molar-refractivity contribution in [2.75, 3.05) is 13.1 Å². The van der Waals surface area contributed by atoms with E-state index in [9.17, 15) is 15.3 Å². The van der Waals surface area contributed by atoms with Crippen molar-refractivity contribution in [3.63, 3.8) is 0 Å². The van der Waals surface area contributed by atoms with Gasteiger partial charge in [0.2, 0.25) is 0 Å². The second-order valence-electron chi connectivity index (χ2n) is 3.96. The predicted molar refractivity (Wildman–Crippen MR) is 41.7 cm³/mol. The van der Waals surface area contributed by atoms with Crippen molar-refractivity contribution in [3.05, 3.63) is 0 Å². The number of hydrogen-bond acceptors (Lipinski definition) is 3. The number of nitrogens with one attached hydrogen (secondary N) is 1. The van der Waals surface area contributed by atoms with Crippen LogP contribution in [0.3, 0.4) is 0 Å². The standard InChI is InChI=1S/C8H15NO3/c10-5-1-2-9-4-7(11)8(12)6(9)3-5/h5-8,10-12H,1-4H2/p+1/t5-,6+,7-,8+/m1/s1. The van der Waals surface area contributed by atoms with Crippen molar-refractivity contribution in [3.8, 4) is 0 Å². The normalized spacial score (nSPS) is 53.8. The van der Waals surface area contributed by atoms with Crippen molar-refractivity contribution >= 4 is 0 Å². The molecule has 4 heteroatoms. The molecule has 0 aromatic rings. The number of rotatable bonds is 0. The lowest BCUT2D eigenvalue weighted by atomic mass is 9.98. The molecule has 1 unspecified atom stereocenters. The zero-order valence-corrected chi connectivity index (χ0v) is 6.98. The van der Waals surface area contributed by atoms with Gasteiger partial charge in [-0.1, -0.05) is 0 Å². The van der Waals surface area contributed by atoms with Gasteiger partial charge in [0.1, 0.15) is 24.8 Å². The van der Waals surface area contributed by atoms with Crippen LogP contribution in [0.1, 0.15) is 12.8 Å². The second-order valence-corrected chi connectivity index (χ2v) is 3.96. The molecule has 2 saturated heterocycles. The Kier molecular flexibility index (Phi) is 2.08. The van der Waals surface area contributed by atoms with Crippen molar-refractivity contribution < 1.29 is 20.2 Å². The van der Waals surface area contributed by atoms with Crippen molar-refractivity contribution in [1.82, 2.24) is 0 Å². The van der Waals surface area contributed by atoms with Crippen LogP contribution in [0.25, 0.3) is 0 Å². The van der Waals surface area contributed by atoms with Crippen LogP contribution in [0.2, 0.25) is 0 Å². The zero-order valence-electron chi connectivity index (χ0n) is 6.98. The van der Waals surface area contributed by atoms with Crippen LogP contribution in [0.15, 0.2) is 0 Å². The van der Waals surface area contributed by atoms with Gasteiger partial charge < -0.3 is 20.2 Å². The summed E-state index contributed by atoms with van der Waals surface area (Å²) in [5, 5.41) is 28.2. The van der Waals surface area contributed by atoms with Crippen LogP contribution in [-0.4, -0.2) is 52.8 Å². The number of aliphatic hydroxyl groups is 3. The molecule has 2 fully saturated rings. The summed E-state index contributed by atoms with van der Waals surface area (Å²) in [6, 6.07) is 0.0590. The minimum Gasteiger partial charge on any atom is -0.393 e. The van der Waals surface area contributed by atoms with E-state index in [1.54, 1.807) is 0 Å². The average molecular weight is 174 g/mol. The molecule has 0 aliphatic carbocycles. The van der Waals surface area contributed by atoms with Crippen LogP contribution < -0.4 is 4.90 Å². The highest BCUT2D eigenvalue weighted by atomic mass is 16.3. The molecule has 0 saturated carbocycles. The highest BCUT2D eigenvalue weighted by Gasteiger charge is 2.46. The molecule has 0 bridgehead atoms. The summed E-state index contributed by atoms with van der Waals surface area (Å²) in [5.41, 5.74) is 0. The molecular formula is C8H16NO3+. The van der Waals surface area contributed by atoms with E-state index in [4.69, 9.17) is 0 Å². The number of hydrogen-bond donors (Lipinski definition) is 4. The Labute approximate surface area is 71.4 Å². The summed E-state index contributed by atoms with van der Waals surface area (Å²) < 4.78 is 0. The molecule has 0 radical (unpaired) electrons.